The van der Waals surface area contributed by atoms with E-state index in [1.807, 2.05) is 12.1 Å². The number of morpholine rings is 1. The minimum atomic E-state index is -2.57. The van der Waals surface area contributed by atoms with E-state index < -0.39 is 5.92 Å². The van der Waals surface area contributed by atoms with Gasteiger partial charge in [0.05, 0.1) is 18.6 Å². The number of likely N-dealkylation sites (tertiary alicyclic amines) is 1. The maximum atomic E-state index is 13.7. The molecule has 3 heterocycles. The second-order valence-electron chi connectivity index (χ2n) is 10.3. The van der Waals surface area contributed by atoms with Gasteiger partial charge in [-0.05, 0) is 56.6 Å². The van der Waals surface area contributed by atoms with E-state index in [-0.39, 0.29) is 18.4 Å². The van der Waals surface area contributed by atoms with E-state index in [9.17, 15) is 13.6 Å². The molecular weight excluding hydrogens is 472 g/mol. The van der Waals surface area contributed by atoms with Crippen LogP contribution in [0.5, 0.6) is 0 Å². The fourth-order valence-corrected chi connectivity index (χ4v) is 5.60. The number of pyridine rings is 1. The third-order valence-corrected chi connectivity index (χ3v) is 7.74. The molecule has 7 heteroatoms. The molecule has 0 radical (unpaired) electrons. The summed E-state index contributed by atoms with van der Waals surface area (Å²) in [7, 11) is 0. The molecule has 0 amide bonds. The molecule has 0 unspecified atom stereocenters. The second-order valence-corrected chi connectivity index (χ2v) is 10.3. The molecule has 37 heavy (non-hydrogen) atoms. The lowest BCUT2D eigenvalue weighted by molar-refractivity contribution is -0.0565. The lowest BCUT2D eigenvalue weighted by atomic mass is 9.93. The molecule has 0 bridgehead atoms. The Morgan fingerprint density at radius 3 is 2.27 bits per heavy atom. The molecule has 0 aliphatic carbocycles. The van der Waals surface area contributed by atoms with Crippen molar-refractivity contribution in [2.24, 2.45) is 0 Å². The molecule has 6 rings (SSSR count). The van der Waals surface area contributed by atoms with E-state index in [1.54, 1.807) is 6.20 Å². The minimum absolute atomic E-state index is 0.107. The van der Waals surface area contributed by atoms with E-state index in [0.717, 1.165) is 65.7 Å². The topological polar surface area (TPSA) is 48.6 Å². The first-order valence-electron chi connectivity index (χ1n) is 13.0. The largest absolute Gasteiger partial charge is 0.379 e. The Morgan fingerprint density at radius 2 is 1.51 bits per heavy atom. The maximum absolute atomic E-state index is 13.7. The Balaban J connectivity index is 1.34. The Bertz CT molecular complexity index is 1470. The lowest BCUT2D eigenvalue weighted by Crippen LogP contribution is -2.38. The molecule has 0 saturated carbocycles. The van der Waals surface area contributed by atoms with Gasteiger partial charge in [-0.2, -0.15) is 0 Å². The van der Waals surface area contributed by atoms with Gasteiger partial charge in [-0.3, -0.25) is 14.6 Å². The quantitative estimate of drug-likeness (QED) is 0.370. The number of hydrogen-bond acceptors (Lipinski definition) is 4. The van der Waals surface area contributed by atoms with Crippen LogP contribution in [0.1, 0.15) is 24.0 Å². The number of nitrogens with one attached hydrogen (secondary N) is 1. The number of benzene rings is 3. The van der Waals surface area contributed by atoms with Crippen LogP contribution in [0, 0.1) is 0 Å². The van der Waals surface area contributed by atoms with Gasteiger partial charge in [-0.25, -0.2) is 8.78 Å². The second kappa shape index (κ2) is 9.97. The number of aromatic nitrogens is 1. The molecule has 1 N–H and O–H groups in total. The highest BCUT2D eigenvalue weighted by Crippen LogP contribution is 2.34. The van der Waals surface area contributed by atoms with E-state index in [4.69, 9.17) is 4.74 Å². The number of piperidine rings is 1. The first-order chi connectivity index (χ1) is 17.9. The predicted molar refractivity (Wildman–Crippen MR) is 143 cm³/mol. The van der Waals surface area contributed by atoms with Crippen LogP contribution >= 0.6 is 0 Å². The number of alkyl halides is 2. The zero-order chi connectivity index (χ0) is 25.4. The van der Waals surface area contributed by atoms with Gasteiger partial charge < -0.3 is 9.72 Å². The van der Waals surface area contributed by atoms with Crippen molar-refractivity contribution in [2.45, 2.75) is 31.9 Å². The number of nitrogens with zero attached hydrogens (tertiary/aromatic N) is 2. The smallest absolute Gasteiger partial charge is 0.256 e. The lowest BCUT2D eigenvalue weighted by Gasteiger charge is -2.32. The van der Waals surface area contributed by atoms with Crippen molar-refractivity contribution in [3.8, 4) is 11.1 Å². The molecule has 192 valence electrons. The molecular formula is C30H31F2N3O2. The monoisotopic (exact) mass is 503 g/mol. The Kier molecular flexibility index (Phi) is 6.53. The summed E-state index contributed by atoms with van der Waals surface area (Å²) >= 11 is 0. The normalized spacial score (nSPS) is 19.0. The van der Waals surface area contributed by atoms with Gasteiger partial charge in [0.15, 0.2) is 0 Å². The number of halogens is 2. The number of rotatable bonds is 5. The molecule has 3 aromatic carbocycles. The van der Waals surface area contributed by atoms with Crippen molar-refractivity contribution in [2.75, 3.05) is 39.4 Å². The number of hydrogen-bond donors (Lipinski definition) is 1. The summed E-state index contributed by atoms with van der Waals surface area (Å²) in [5, 5.41) is 3.42. The van der Waals surface area contributed by atoms with Gasteiger partial charge in [-0.15, -0.1) is 0 Å². The summed E-state index contributed by atoms with van der Waals surface area (Å²) in [5.74, 6) is -2.57. The van der Waals surface area contributed by atoms with E-state index in [1.165, 1.54) is 5.56 Å². The fraction of sp³-hybridized carbons (Fsp3) is 0.367. The third-order valence-electron chi connectivity index (χ3n) is 7.74. The molecule has 5 nitrogen and oxygen atoms in total. The molecule has 4 aromatic rings. The van der Waals surface area contributed by atoms with Gasteiger partial charge in [-0.1, -0.05) is 36.4 Å². The van der Waals surface area contributed by atoms with Crippen LogP contribution in [0.3, 0.4) is 0 Å². The highest BCUT2D eigenvalue weighted by Gasteiger charge is 2.34. The molecule has 2 fully saturated rings. The Labute approximate surface area is 214 Å². The molecule has 1 aromatic heterocycles. The standard InChI is InChI=1S/C30H31F2N3O2/c31-30(32)8-11-34(12-9-30)20-25-17-24-7-10-33-29(36)28(24)27-18-23(5-6-26(25)27)22-3-1-21(2-4-22)19-35-13-15-37-16-14-35/h1-7,10,17-18H,8-9,11-16,19-20H2,(H,33,36). The van der Waals surface area contributed by atoms with Crippen LogP contribution in [0.25, 0.3) is 32.7 Å². The summed E-state index contributed by atoms with van der Waals surface area (Å²) in [5.41, 5.74) is 4.35. The van der Waals surface area contributed by atoms with Crippen molar-refractivity contribution in [3.63, 3.8) is 0 Å². The number of fused-ring (bicyclic) bond motifs is 3. The molecule has 2 saturated heterocycles. The highest BCUT2D eigenvalue weighted by atomic mass is 19.3. The number of H-pyrrole nitrogens is 1. The summed E-state index contributed by atoms with van der Waals surface area (Å²) in [4.78, 5) is 20.2. The summed E-state index contributed by atoms with van der Waals surface area (Å²) in [6, 6.07) is 18.8. The van der Waals surface area contributed by atoms with Crippen LogP contribution in [0.2, 0.25) is 0 Å². The van der Waals surface area contributed by atoms with Crippen molar-refractivity contribution in [1.82, 2.24) is 14.8 Å². The minimum Gasteiger partial charge on any atom is -0.379 e. The van der Waals surface area contributed by atoms with Crippen molar-refractivity contribution in [3.05, 3.63) is 82.3 Å². The average Bonchev–Trinajstić information content (AvgIpc) is 2.91. The van der Waals surface area contributed by atoms with E-state index >= 15 is 0 Å². The zero-order valence-corrected chi connectivity index (χ0v) is 20.8. The zero-order valence-electron chi connectivity index (χ0n) is 20.8. The number of aromatic amines is 1. The van der Waals surface area contributed by atoms with Gasteiger partial charge in [0, 0.05) is 58.3 Å². The Hall–Kier alpha value is -3.13. The fourth-order valence-electron chi connectivity index (χ4n) is 5.60. The molecule has 0 atom stereocenters. The first kappa shape index (κ1) is 24.2. The van der Waals surface area contributed by atoms with Gasteiger partial charge >= 0.3 is 0 Å². The van der Waals surface area contributed by atoms with Crippen LogP contribution in [-0.2, 0) is 17.8 Å². The van der Waals surface area contributed by atoms with Crippen molar-refractivity contribution in [1.29, 1.82) is 0 Å². The maximum Gasteiger partial charge on any atom is 0.256 e. The van der Waals surface area contributed by atoms with Crippen molar-refractivity contribution < 1.29 is 13.5 Å². The molecule has 2 aliphatic heterocycles. The summed E-state index contributed by atoms with van der Waals surface area (Å²) < 4.78 is 32.8. The average molecular weight is 504 g/mol. The summed E-state index contributed by atoms with van der Waals surface area (Å²) in [6.45, 7) is 5.72. The van der Waals surface area contributed by atoms with E-state index in [0.29, 0.717) is 25.0 Å². The highest BCUT2D eigenvalue weighted by molar-refractivity contribution is 6.09. The number of ether oxygens (including phenoxy) is 1. The van der Waals surface area contributed by atoms with Crippen LogP contribution in [0.15, 0.2) is 65.6 Å². The van der Waals surface area contributed by atoms with Crippen LogP contribution in [0.4, 0.5) is 8.78 Å². The van der Waals surface area contributed by atoms with E-state index in [2.05, 4.69) is 57.2 Å². The van der Waals surface area contributed by atoms with Gasteiger partial charge in [0.25, 0.3) is 11.5 Å². The Morgan fingerprint density at radius 1 is 0.811 bits per heavy atom. The molecule has 0 spiro atoms. The van der Waals surface area contributed by atoms with Gasteiger partial charge in [0.1, 0.15) is 0 Å². The third kappa shape index (κ3) is 5.17. The van der Waals surface area contributed by atoms with Crippen LogP contribution < -0.4 is 5.56 Å². The predicted octanol–water partition coefficient (Wildman–Crippen LogP) is 5.41. The van der Waals surface area contributed by atoms with Gasteiger partial charge in [0.2, 0.25) is 0 Å². The first-order valence-corrected chi connectivity index (χ1v) is 13.0. The SMILES string of the molecule is O=c1[nH]ccc2cc(CN3CCC(F)(F)CC3)c3ccc(-c4ccc(CN5CCOCC5)cc4)cc3c12. The summed E-state index contributed by atoms with van der Waals surface area (Å²) in [6.07, 6.45) is 1.45. The van der Waals surface area contributed by atoms with Crippen LogP contribution in [-0.4, -0.2) is 60.1 Å². The molecule has 2 aliphatic rings. The van der Waals surface area contributed by atoms with Crippen molar-refractivity contribution >= 4 is 21.5 Å².